The molecule has 0 aromatic carbocycles. The second kappa shape index (κ2) is 19.0. The summed E-state index contributed by atoms with van der Waals surface area (Å²) in [5.74, 6) is 0. The Hall–Kier alpha value is 1.33. The Morgan fingerprint density at radius 2 is 1.31 bits per heavy atom. The number of hydrogen-bond acceptors (Lipinski definition) is 4. The predicted molar refractivity (Wildman–Crippen MR) is 46.1 cm³/mol. The van der Waals surface area contributed by atoms with Crippen LogP contribution in [0.15, 0.2) is 0 Å². The molecule has 0 unspecified atom stereocenters. The molecule has 0 heterocycles. The molecule has 0 aliphatic rings. The molecule has 0 amide bonds. The van der Waals surface area contributed by atoms with Gasteiger partial charge in [0.1, 0.15) is 0 Å². The number of ether oxygens (including phenoxy) is 2. The smallest absolute Gasteiger partial charge is 1.00 e. The summed E-state index contributed by atoms with van der Waals surface area (Å²) in [5.41, 5.74) is 0. The van der Waals surface area contributed by atoms with Crippen LogP contribution in [-0.2, 0) is 17.1 Å². The summed E-state index contributed by atoms with van der Waals surface area (Å²) < 4.78 is 19.8. The fourth-order valence-corrected chi connectivity index (χ4v) is 0.888. The zero-order valence-electron chi connectivity index (χ0n) is 9.54. The van der Waals surface area contributed by atoms with Gasteiger partial charge in [0.25, 0.3) is 0 Å². The zero-order valence-corrected chi connectivity index (χ0v) is 11.7. The predicted octanol–water partition coefficient (Wildman–Crippen LogP) is -3.86. The van der Waals surface area contributed by atoms with Gasteiger partial charge in [-0.2, -0.15) is 0 Å². The summed E-state index contributed by atoms with van der Waals surface area (Å²) in [4.78, 5) is 0. The summed E-state index contributed by atoms with van der Waals surface area (Å²) in [7, 11) is 3.29. The second-order valence-electron chi connectivity index (χ2n) is 1.82. The van der Waals surface area contributed by atoms with E-state index in [-0.39, 0.29) is 52.3 Å². The van der Waals surface area contributed by atoms with Crippen molar-refractivity contribution in [2.75, 3.05) is 40.6 Å². The molecule has 75 valence electrons. The van der Waals surface area contributed by atoms with E-state index in [0.717, 1.165) is 0 Å². The monoisotopic (exact) mass is 219 g/mol. The van der Waals surface area contributed by atoms with Crippen molar-refractivity contribution in [2.45, 2.75) is 0 Å². The fraction of sp³-hybridized carbons (Fsp3) is 1.00. The van der Waals surface area contributed by atoms with Gasteiger partial charge < -0.3 is 24.0 Å². The average molecular weight is 219 g/mol. The number of methoxy groups -OCH3 is 2. The molecule has 5 nitrogen and oxygen atoms in total. The first-order valence-corrected chi connectivity index (χ1v) is 4.39. The minimum Gasteiger partial charge on any atom is -1.00 e. The zero-order chi connectivity index (χ0) is 8.36. The van der Waals surface area contributed by atoms with E-state index in [1.165, 1.54) is 0 Å². The van der Waals surface area contributed by atoms with Gasteiger partial charge in [0, 0.05) is 27.4 Å². The van der Waals surface area contributed by atoms with E-state index in [2.05, 4.69) is 0 Å². The van der Waals surface area contributed by atoms with Crippen molar-refractivity contribution < 1.29 is 53.5 Å². The van der Waals surface area contributed by atoms with Crippen LogP contribution < -0.4 is 29.6 Å². The van der Waals surface area contributed by atoms with E-state index in [0.29, 0.717) is 26.4 Å². The molecule has 0 fully saturated rings. The van der Waals surface area contributed by atoms with Gasteiger partial charge in [-0.15, -0.1) is 0 Å². The third-order valence-corrected chi connectivity index (χ3v) is 1.69. The van der Waals surface area contributed by atoms with E-state index < -0.39 is 0 Å². The van der Waals surface area contributed by atoms with Crippen LogP contribution in [0.1, 0.15) is 1.43 Å². The molecule has 0 atom stereocenters. The van der Waals surface area contributed by atoms with Crippen molar-refractivity contribution in [3.8, 4) is 0 Å². The maximum atomic E-state index is 5.10. The largest absolute Gasteiger partial charge is 1.00 e. The van der Waals surface area contributed by atoms with Gasteiger partial charge in [0.15, 0.2) is 0 Å². The third-order valence-electron chi connectivity index (χ3n) is 0.947. The van der Waals surface area contributed by atoms with Crippen LogP contribution in [0, 0.1) is 0 Å². The van der Waals surface area contributed by atoms with E-state index in [1.807, 2.05) is 0 Å². The van der Waals surface area contributed by atoms with Gasteiger partial charge in [-0.25, -0.2) is 0 Å². The summed E-state index contributed by atoms with van der Waals surface area (Å²) >= 11 is -0.349. The minimum atomic E-state index is -0.349. The maximum Gasteiger partial charge on any atom is 1.00 e. The SMILES string of the molecule is COCC[O][Al][O]CCOC.O.[H-].[Na+]. The molecule has 2 N–H and O–H groups in total. The Labute approximate surface area is 110 Å². The first-order chi connectivity index (χ1) is 5.41. The Morgan fingerprint density at radius 3 is 1.62 bits per heavy atom. The minimum absolute atomic E-state index is 0. The fourth-order valence-electron chi connectivity index (χ4n) is 0.407. The van der Waals surface area contributed by atoms with Gasteiger partial charge >= 0.3 is 45.4 Å². The van der Waals surface area contributed by atoms with Crippen molar-refractivity contribution in [1.82, 2.24) is 0 Å². The summed E-state index contributed by atoms with van der Waals surface area (Å²) in [6, 6.07) is 0. The Bertz CT molecular complexity index is 75.2. The molecular weight excluding hydrogens is 202 g/mol. The summed E-state index contributed by atoms with van der Waals surface area (Å²) in [5, 5.41) is 0. The van der Waals surface area contributed by atoms with Gasteiger partial charge in [0.05, 0.1) is 13.2 Å². The standard InChI is InChI=1S/2C3H7O2.Al.Na.H2O.H/c2*1-5-3-2-4;;;;/h2*2-3H2,1H3;;;1H2;/q2*-1;+2;+1;;-1. The molecule has 0 saturated heterocycles. The van der Waals surface area contributed by atoms with Gasteiger partial charge in [-0.1, -0.05) is 0 Å². The summed E-state index contributed by atoms with van der Waals surface area (Å²) in [6.45, 7) is 2.47. The molecule has 0 aromatic rings. The molecule has 0 spiro atoms. The maximum absolute atomic E-state index is 5.10. The van der Waals surface area contributed by atoms with Crippen LogP contribution >= 0.6 is 0 Å². The molecule has 0 rings (SSSR count). The molecule has 13 heavy (non-hydrogen) atoms. The normalized spacial score (nSPS) is 8.46. The average Bonchev–Trinajstić information content (AvgIpc) is 2.03. The van der Waals surface area contributed by atoms with Crippen LogP contribution in [0.2, 0.25) is 0 Å². The van der Waals surface area contributed by atoms with Crippen LogP contribution in [0.5, 0.6) is 0 Å². The Morgan fingerprint density at radius 1 is 0.923 bits per heavy atom. The van der Waals surface area contributed by atoms with Gasteiger partial charge in [0.2, 0.25) is 0 Å². The van der Waals surface area contributed by atoms with Gasteiger partial charge in [-0.05, 0) is 0 Å². The molecule has 0 aliphatic heterocycles. The van der Waals surface area contributed by atoms with Crippen LogP contribution in [-0.4, -0.2) is 62.0 Å². The van der Waals surface area contributed by atoms with Crippen LogP contribution in [0.25, 0.3) is 0 Å². The second-order valence-corrected chi connectivity index (χ2v) is 2.68. The number of rotatable bonds is 8. The number of hydrogen-bond donors (Lipinski definition) is 0. The Kier molecular flexibility index (Phi) is 29.0. The van der Waals surface area contributed by atoms with E-state index in [1.54, 1.807) is 14.2 Å². The molecular formula is C6H17AlNaO5. The van der Waals surface area contributed by atoms with E-state index in [4.69, 9.17) is 17.1 Å². The topological polar surface area (TPSA) is 68.4 Å². The van der Waals surface area contributed by atoms with Crippen LogP contribution in [0.4, 0.5) is 0 Å². The molecule has 7 heteroatoms. The molecule has 0 bridgehead atoms. The van der Waals surface area contributed by atoms with Crippen molar-refractivity contribution in [3.63, 3.8) is 0 Å². The summed E-state index contributed by atoms with van der Waals surface area (Å²) in [6.07, 6.45) is 0. The van der Waals surface area contributed by atoms with Crippen molar-refractivity contribution in [3.05, 3.63) is 0 Å². The molecule has 0 saturated carbocycles. The Balaban J connectivity index is -0.000000167. The molecule has 1 radical (unpaired) electrons. The van der Waals surface area contributed by atoms with E-state index >= 15 is 0 Å². The third kappa shape index (κ3) is 19.7. The molecule has 0 aromatic heterocycles. The quantitative estimate of drug-likeness (QED) is 0.309. The molecule has 0 aliphatic carbocycles. The van der Waals surface area contributed by atoms with Crippen molar-refractivity contribution in [2.24, 2.45) is 0 Å². The van der Waals surface area contributed by atoms with Crippen molar-refractivity contribution >= 4 is 15.9 Å². The van der Waals surface area contributed by atoms with Gasteiger partial charge in [-0.3, -0.25) is 0 Å². The van der Waals surface area contributed by atoms with Crippen molar-refractivity contribution in [1.29, 1.82) is 0 Å². The van der Waals surface area contributed by atoms with Crippen LogP contribution in [0.3, 0.4) is 0 Å². The first-order valence-electron chi connectivity index (χ1n) is 3.44. The first kappa shape index (κ1) is 19.8. The van der Waals surface area contributed by atoms with E-state index in [9.17, 15) is 0 Å².